The van der Waals surface area contributed by atoms with Gasteiger partial charge < -0.3 is 4.90 Å². The summed E-state index contributed by atoms with van der Waals surface area (Å²) in [5.41, 5.74) is 3.00. The summed E-state index contributed by atoms with van der Waals surface area (Å²) < 4.78 is 26.6. The molecule has 0 aromatic heterocycles. The van der Waals surface area contributed by atoms with Crippen molar-refractivity contribution in [2.45, 2.75) is 37.6 Å². The van der Waals surface area contributed by atoms with Crippen molar-refractivity contribution in [3.05, 3.63) is 65.2 Å². The van der Waals surface area contributed by atoms with E-state index in [1.807, 2.05) is 33.0 Å². The molecule has 5 nitrogen and oxygen atoms in total. The van der Waals surface area contributed by atoms with Gasteiger partial charge in [-0.2, -0.15) is 4.31 Å². The minimum absolute atomic E-state index is 0.0628. The van der Waals surface area contributed by atoms with Crippen LogP contribution in [0.5, 0.6) is 0 Å². The predicted molar refractivity (Wildman–Crippen MR) is 106 cm³/mol. The van der Waals surface area contributed by atoms with Crippen LogP contribution >= 0.6 is 0 Å². The van der Waals surface area contributed by atoms with Crippen LogP contribution in [0.25, 0.3) is 0 Å². The van der Waals surface area contributed by atoms with Crippen LogP contribution in [0.15, 0.2) is 53.4 Å². The van der Waals surface area contributed by atoms with E-state index in [0.717, 1.165) is 12.8 Å². The molecule has 27 heavy (non-hydrogen) atoms. The topological polar surface area (TPSA) is 57.7 Å². The number of hydrogen-bond donors (Lipinski definition) is 0. The van der Waals surface area contributed by atoms with Crippen LogP contribution in [-0.2, 0) is 16.4 Å². The van der Waals surface area contributed by atoms with Gasteiger partial charge in [0.05, 0.1) is 10.9 Å². The maximum Gasteiger partial charge on any atom is 0.254 e. The lowest BCUT2D eigenvalue weighted by atomic mass is 10.1. The van der Waals surface area contributed by atoms with Gasteiger partial charge in [0.25, 0.3) is 5.91 Å². The number of carbonyl (C=O) groups is 1. The van der Waals surface area contributed by atoms with Crippen LogP contribution in [0.2, 0.25) is 0 Å². The summed E-state index contributed by atoms with van der Waals surface area (Å²) in [4.78, 5) is 14.9. The van der Waals surface area contributed by atoms with Gasteiger partial charge in [0.1, 0.15) is 0 Å². The van der Waals surface area contributed by atoms with E-state index >= 15 is 0 Å². The highest BCUT2D eigenvalue weighted by molar-refractivity contribution is 7.89. The molecule has 144 valence electrons. The van der Waals surface area contributed by atoms with E-state index in [9.17, 15) is 13.2 Å². The molecule has 1 aliphatic rings. The van der Waals surface area contributed by atoms with Gasteiger partial charge in [-0.05, 0) is 48.2 Å². The van der Waals surface area contributed by atoms with Gasteiger partial charge in [-0.3, -0.25) is 4.79 Å². The monoisotopic (exact) mass is 386 g/mol. The lowest BCUT2D eigenvalue weighted by Crippen LogP contribution is -2.31. The number of carbonyl (C=O) groups excluding carboxylic acids is 1. The zero-order valence-electron chi connectivity index (χ0n) is 16.1. The minimum Gasteiger partial charge on any atom is -0.335 e. The van der Waals surface area contributed by atoms with Crippen molar-refractivity contribution < 1.29 is 13.2 Å². The minimum atomic E-state index is -3.51. The van der Waals surface area contributed by atoms with Gasteiger partial charge in [0, 0.05) is 25.7 Å². The second kappa shape index (κ2) is 7.82. The van der Waals surface area contributed by atoms with E-state index in [1.54, 1.807) is 17.0 Å². The van der Waals surface area contributed by atoms with E-state index in [-0.39, 0.29) is 16.8 Å². The van der Waals surface area contributed by atoms with E-state index in [0.29, 0.717) is 18.7 Å². The lowest BCUT2D eigenvalue weighted by Gasteiger charge is -2.26. The van der Waals surface area contributed by atoms with Crippen molar-refractivity contribution >= 4 is 15.9 Å². The highest BCUT2D eigenvalue weighted by atomic mass is 32.2. The molecule has 2 aromatic rings. The maximum atomic E-state index is 12.9. The Kier molecular flexibility index (Phi) is 5.67. The number of fused-ring (bicyclic) bond motifs is 1. The van der Waals surface area contributed by atoms with Gasteiger partial charge >= 0.3 is 0 Å². The van der Waals surface area contributed by atoms with Crippen LogP contribution in [0.4, 0.5) is 0 Å². The van der Waals surface area contributed by atoms with Gasteiger partial charge in [0.2, 0.25) is 10.0 Å². The maximum absolute atomic E-state index is 12.9. The number of nitrogens with zero attached hydrogens (tertiary/aromatic N) is 2. The van der Waals surface area contributed by atoms with Crippen molar-refractivity contribution in [3.63, 3.8) is 0 Å². The number of rotatable bonds is 6. The third-order valence-electron chi connectivity index (χ3n) is 5.33. The zero-order valence-corrected chi connectivity index (χ0v) is 16.9. The van der Waals surface area contributed by atoms with E-state index in [2.05, 4.69) is 12.1 Å². The lowest BCUT2D eigenvalue weighted by molar-refractivity contribution is 0.0730. The fourth-order valence-electron chi connectivity index (χ4n) is 3.76. The SMILES string of the molecule is CCN(CC)S(=O)(=O)c1ccc(C(=O)N(C)C2CCc3ccccc32)cc1. The number of hydrogen-bond acceptors (Lipinski definition) is 3. The summed E-state index contributed by atoms with van der Waals surface area (Å²) in [6, 6.07) is 14.5. The fourth-order valence-corrected chi connectivity index (χ4v) is 5.22. The zero-order chi connectivity index (χ0) is 19.6. The molecule has 0 saturated carbocycles. The number of amides is 1. The first-order chi connectivity index (χ1) is 12.9. The summed E-state index contributed by atoms with van der Waals surface area (Å²) in [6.07, 6.45) is 1.88. The molecule has 0 fully saturated rings. The average molecular weight is 387 g/mol. The van der Waals surface area contributed by atoms with Crippen molar-refractivity contribution in [2.75, 3.05) is 20.1 Å². The Morgan fingerprint density at radius 1 is 1.04 bits per heavy atom. The number of benzene rings is 2. The molecular formula is C21H26N2O3S. The second-order valence-electron chi connectivity index (χ2n) is 6.78. The van der Waals surface area contributed by atoms with Crippen molar-refractivity contribution in [1.29, 1.82) is 0 Å². The second-order valence-corrected chi connectivity index (χ2v) is 8.72. The van der Waals surface area contributed by atoms with E-state index in [1.165, 1.54) is 27.6 Å². The summed E-state index contributed by atoms with van der Waals surface area (Å²) >= 11 is 0. The average Bonchev–Trinajstić information content (AvgIpc) is 3.12. The van der Waals surface area contributed by atoms with Crippen molar-refractivity contribution in [2.24, 2.45) is 0 Å². The first-order valence-corrected chi connectivity index (χ1v) is 10.8. The van der Waals surface area contributed by atoms with Crippen LogP contribution in [0.1, 0.15) is 47.8 Å². The Labute approximate surface area is 161 Å². The first-order valence-electron chi connectivity index (χ1n) is 9.35. The summed E-state index contributed by atoms with van der Waals surface area (Å²) in [5, 5.41) is 0. The standard InChI is InChI=1S/C21H26N2O3S/c1-4-23(5-2)27(25,26)18-13-10-17(11-14-18)21(24)22(3)20-15-12-16-8-6-7-9-19(16)20/h6-11,13-14,20H,4-5,12,15H2,1-3H3. The van der Waals surface area contributed by atoms with Gasteiger partial charge in [-0.15, -0.1) is 0 Å². The van der Waals surface area contributed by atoms with E-state index in [4.69, 9.17) is 0 Å². The third-order valence-corrected chi connectivity index (χ3v) is 7.40. The van der Waals surface area contributed by atoms with Gasteiger partial charge in [-0.1, -0.05) is 38.1 Å². The van der Waals surface area contributed by atoms with Crippen molar-refractivity contribution in [3.8, 4) is 0 Å². The number of sulfonamides is 1. The predicted octanol–water partition coefficient (Wildman–Crippen LogP) is 3.48. The fraction of sp³-hybridized carbons (Fsp3) is 0.381. The molecule has 0 radical (unpaired) electrons. The Morgan fingerprint density at radius 3 is 2.30 bits per heavy atom. The molecule has 6 heteroatoms. The summed E-state index contributed by atoms with van der Waals surface area (Å²) in [7, 11) is -1.70. The summed E-state index contributed by atoms with van der Waals surface area (Å²) in [6.45, 7) is 4.47. The Morgan fingerprint density at radius 2 is 1.67 bits per heavy atom. The quantitative estimate of drug-likeness (QED) is 0.764. The highest BCUT2D eigenvalue weighted by Crippen LogP contribution is 2.35. The van der Waals surface area contributed by atoms with E-state index < -0.39 is 10.0 Å². The molecule has 0 bridgehead atoms. The molecule has 0 saturated heterocycles. The molecule has 0 spiro atoms. The normalized spacial score (nSPS) is 16.4. The molecule has 1 amide bonds. The van der Waals surface area contributed by atoms with Crippen LogP contribution in [0, 0.1) is 0 Å². The van der Waals surface area contributed by atoms with Crippen LogP contribution in [-0.4, -0.2) is 43.7 Å². The Hall–Kier alpha value is -2.18. The van der Waals surface area contributed by atoms with Crippen molar-refractivity contribution in [1.82, 2.24) is 9.21 Å². The Balaban J connectivity index is 1.80. The largest absolute Gasteiger partial charge is 0.335 e. The first kappa shape index (κ1) is 19.6. The number of aryl methyl sites for hydroxylation is 1. The third kappa shape index (κ3) is 3.64. The molecule has 0 heterocycles. The Bertz CT molecular complexity index is 919. The molecule has 0 aliphatic heterocycles. The molecule has 3 rings (SSSR count). The van der Waals surface area contributed by atoms with Crippen LogP contribution in [0.3, 0.4) is 0 Å². The molecular weight excluding hydrogens is 360 g/mol. The molecule has 1 aliphatic carbocycles. The van der Waals surface area contributed by atoms with Gasteiger partial charge in [-0.25, -0.2) is 8.42 Å². The molecule has 1 atom stereocenters. The smallest absolute Gasteiger partial charge is 0.254 e. The summed E-state index contributed by atoms with van der Waals surface area (Å²) in [5.74, 6) is -0.0940. The molecule has 2 aromatic carbocycles. The molecule has 1 unspecified atom stereocenters. The highest BCUT2D eigenvalue weighted by Gasteiger charge is 2.29. The van der Waals surface area contributed by atoms with Crippen LogP contribution < -0.4 is 0 Å². The van der Waals surface area contributed by atoms with Gasteiger partial charge in [0.15, 0.2) is 0 Å². The molecule has 0 N–H and O–H groups in total.